The zero-order valence-electron chi connectivity index (χ0n) is 14.9. The second-order valence-electron chi connectivity index (χ2n) is 6.38. The maximum atomic E-state index is 12.6. The summed E-state index contributed by atoms with van der Waals surface area (Å²) in [5, 5.41) is 3.84. The van der Waals surface area contributed by atoms with Gasteiger partial charge in [0.25, 0.3) is 5.91 Å². The predicted octanol–water partition coefficient (Wildman–Crippen LogP) is 4.49. The molecule has 0 atom stereocenters. The van der Waals surface area contributed by atoms with Gasteiger partial charge in [0.2, 0.25) is 5.91 Å². The van der Waals surface area contributed by atoms with Crippen molar-refractivity contribution in [3.8, 4) is 5.75 Å². The Bertz CT molecular complexity index is 849. The molecule has 3 rings (SSSR count). The van der Waals surface area contributed by atoms with Gasteiger partial charge in [0.05, 0.1) is 23.4 Å². The first-order chi connectivity index (χ1) is 13.0. The van der Waals surface area contributed by atoms with E-state index in [0.717, 1.165) is 0 Å². The molecule has 2 amide bonds. The van der Waals surface area contributed by atoms with Gasteiger partial charge < -0.3 is 15.0 Å². The molecule has 1 aliphatic heterocycles. The number of hydrogen-bond acceptors (Lipinski definition) is 3. The Hall–Kier alpha value is -2.24. The number of likely N-dealkylation sites (tertiary alicyclic amines) is 1. The molecule has 2 aromatic rings. The van der Waals surface area contributed by atoms with Gasteiger partial charge in [-0.25, -0.2) is 0 Å². The van der Waals surface area contributed by atoms with E-state index in [0.29, 0.717) is 53.0 Å². The van der Waals surface area contributed by atoms with Crippen LogP contribution in [0.4, 0.5) is 5.69 Å². The lowest BCUT2D eigenvalue weighted by Crippen LogP contribution is -2.41. The van der Waals surface area contributed by atoms with Crippen molar-refractivity contribution in [1.29, 1.82) is 0 Å². The Labute approximate surface area is 168 Å². The first-order valence-corrected chi connectivity index (χ1v) is 9.43. The molecule has 0 unspecified atom stereocenters. The molecule has 5 nitrogen and oxygen atoms in total. The maximum Gasteiger partial charge on any atom is 0.255 e. The highest BCUT2D eigenvalue weighted by molar-refractivity contribution is 6.33. The molecule has 0 radical (unpaired) electrons. The van der Waals surface area contributed by atoms with Gasteiger partial charge in [-0.05, 0) is 43.2 Å². The number of amides is 2. The average Bonchev–Trinajstić information content (AvgIpc) is 2.68. The maximum absolute atomic E-state index is 12.6. The number of ether oxygens (including phenoxy) is 1. The van der Waals surface area contributed by atoms with E-state index >= 15 is 0 Å². The molecular formula is C20H20Cl2N2O3. The van der Waals surface area contributed by atoms with E-state index in [1.807, 2.05) is 0 Å². The summed E-state index contributed by atoms with van der Waals surface area (Å²) in [6, 6.07) is 12.1. The molecular weight excluding hydrogens is 387 g/mol. The zero-order chi connectivity index (χ0) is 19.4. The van der Waals surface area contributed by atoms with Gasteiger partial charge in [-0.2, -0.15) is 0 Å². The second kappa shape index (κ2) is 8.63. The van der Waals surface area contributed by atoms with Crippen LogP contribution in [0.25, 0.3) is 0 Å². The molecule has 2 aromatic carbocycles. The Morgan fingerprint density at radius 3 is 2.48 bits per heavy atom. The molecule has 7 heteroatoms. The Morgan fingerprint density at radius 2 is 1.81 bits per heavy atom. The summed E-state index contributed by atoms with van der Waals surface area (Å²) in [7, 11) is 1.54. The molecule has 142 valence electrons. The van der Waals surface area contributed by atoms with Crippen molar-refractivity contribution in [3.63, 3.8) is 0 Å². The summed E-state index contributed by atoms with van der Waals surface area (Å²) in [6.07, 6.45) is 1.18. The second-order valence-corrected chi connectivity index (χ2v) is 7.22. The monoisotopic (exact) mass is 406 g/mol. The molecule has 0 aromatic heterocycles. The van der Waals surface area contributed by atoms with Crippen molar-refractivity contribution in [3.05, 3.63) is 58.1 Å². The van der Waals surface area contributed by atoms with Crippen LogP contribution in [0.5, 0.6) is 5.75 Å². The van der Waals surface area contributed by atoms with Crippen LogP contribution in [0.15, 0.2) is 42.5 Å². The molecule has 27 heavy (non-hydrogen) atoms. The van der Waals surface area contributed by atoms with Crippen molar-refractivity contribution in [2.45, 2.75) is 12.8 Å². The molecule has 0 aliphatic carbocycles. The van der Waals surface area contributed by atoms with Crippen LogP contribution in [-0.2, 0) is 4.79 Å². The molecule has 1 fully saturated rings. The first-order valence-electron chi connectivity index (χ1n) is 8.68. The largest absolute Gasteiger partial charge is 0.495 e. The Balaban J connectivity index is 1.61. The SMILES string of the molecule is COc1ccc(Cl)cc1NC(=O)C1CCN(C(=O)c2ccccc2Cl)CC1. The summed E-state index contributed by atoms with van der Waals surface area (Å²) in [5.41, 5.74) is 1.04. The lowest BCUT2D eigenvalue weighted by molar-refractivity contribution is -0.121. The highest BCUT2D eigenvalue weighted by atomic mass is 35.5. The van der Waals surface area contributed by atoms with Gasteiger partial charge in [0.1, 0.15) is 5.75 Å². The summed E-state index contributed by atoms with van der Waals surface area (Å²) >= 11 is 12.1. The van der Waals surface area contributed by atoms with Crippen molar-refractivity contribution in [1.82, 2.24) is 4.90 Å². The van der Waals surface area contributed by atoms with Gasteiger partial charge in [-0.15, -0.1) is 0 Å². The van der Waals surface area contributed by atoms with Crippen LogP contribution in [0, 0.1) is 5.92 Å². The van der Waals surface area contributed by atoms with Crippen molar-refractivity contribution in [2.24, 2.45) is 5.92 Å². The number of rotatable bonds is 4. The third kappa shape index (κ3) is 4.54. The average molecular weight is 407 g/mol. The first kappa shape index (κ1) is 19.5. The summed E-state index contributed by atoms with van der Waals surface area (Å²) < 4.78 is 5.26. The number of carbonyl (C=O) groups is 2. The highest BCUT2D eigenvalue weighted by Crippen LogP contribution is 2.29. The molecule has 1 heterocycles. The smallest absolute Gasteiger partial charge is 0.255 e. The van der Waals surface area contributed by atoms with E-state index in [9.17, 15) is 9.59 Å². The molecule has 0 bridgehead atoms. The fraction of sp³-hybridized carbons (Fsp3) is 0.300. The van der Waals surface area contributed by atoms with Crippen LogP contribution >= 0.6 is 23.2 Å². The molecule has 0 spiro atoms. The number of anilines is 1. The topological polar surface area (TPSA) is 58.6 Å². The van der Waals surface area contributed by atoms with Crippen LogP contribution in [0.2, 0.25) is 10.0 Å². The normalized spacial score (nSPS) is 14.7. The summed E-state index contributed by atoms with van der Waals surface area (Å²) in [4.78, 5) is 27.0. The van der Waals surface area contributed by atoms with Crippen LogP contribution < -0.4 is 10.1 Å². The lowest BCUT2D eigenvalue weighted by atomic mass is 9.95. The van der Waals surface area contributed by atoms with Crippen LogP contribution in [0.3, 0.4) is 0 Å². The minimum Gasteiger partial charge on any atom is -0.495 e. The van der Waals surface area contributed by atoms with Crippen molar-refractivity contribution >= 4 is 40.7 Å². The molecule has 1 aliphatic rings. The highest BCUT2D eigenvalue weighted by Gasteiger charge is 2.29. The zero-order valence-corrected chi connectivity index (χ0v) is 16.4. The molecule has 1 saturated heterocycles. The van der Waals surface area contributed by atoms with Gasteiger partial charge in [0, 0.05) is 24.0 Å². The summed E-state index contributed by atoms with van der Waals surface area (Å²) in [5.74, 6) is 0.180. The van der Waals surface area contributed by atoms with E-state index in [4.69, 9.17) is 27.9 Å². The Morgan fingerprint density at radius 1 is 1.11 bits per heavy atom. The third-order valence-corrected chi connectivity index (χ3v) is 5.24. The van der Waals surface area contributed by atoms with E-state index in [-0.39, 0.29) is 17.7 Å². The van der Waals surface area contributed by atoms with Crippen molar-refractivity contribution < 1.29 is 14.3 Å². The molecule has 0 saturated carbocycles. The Kier molecular flexibility index (Phi) is 6.24. The number of nitrogens with zero attached hydrogens (tertiary/aromatic N) is 1. The lowest BCUT2D eigenvalue weighted by Gasteiger charge is -2.31. The fourth-order valence-electron chi connectivity index (χ4n) is 3.16. The minimum absolute atomic E-state index is 0.0968. The molecule has 1 N–H and O–H groups in total. The summed E-state index contributed by atoms with van der Waals surface area (Å²) in [6.45, 7) is 1.02. The minimum atomic E-state index is -0.177. The number of methoxy groups -OCH3 is 1. The van der Waals surface area contributed by atoms with Crippen LogP contribution in [-0.4, -0.2) is 36.9 Å². The van der Waals surface area contributed by atoms with E-state index in [1.54, 1.807) is 47.4 Å². The number of benzene rings is 2. The third-order valence-electron chi connectivity index (χ3n) is 4.68. The van der Waals surface area contributed by atoms with E-state index in [2.05, 4.69) is 5.32 Å². The predicted molar refractivity (Wildman–Crippen MR) is 107 cm³/mol. The van der Waals surface area contributed by atoms with E-state index in [1.165, 1.54) is 7.11 Å². The number of nitrogens with one attached hydrogen (secondary N) is 1. The van der Waals surface area contributed by atoms with Crippen LogP contribution in [0.1, 0.15) is 23.2 Å². The number of piperidine rings is 1. The quantitative estimate of drug-likeness (QED) is 0.813. The standard InChI is InChI=1S/C20H20Cl2N2O3/c1-27-18-7-6-14(21)12-17(18)23-19(25)13-8-10-24(11-9-13)20(26)15-4-2-3-5-16(15)22/h2-7,12-13H,8-11H2,1H3,(H,23,25). The number of hydrogen-bond donors (Lipinski definition) is 1. The van der Waals surface area contributed by atoms with Gasteiger partial charge >= 0.3 is 0 Å². The van der Waals surface area contributed by atoms with Gasteiger partial charge in [-0.1, -0.05) is 35.3 Å². The number of carbonyl (C=O) groups excluding carboxylic acids is 2. The van der Waals surface area contributed by atoms with Crippen molar-refractivity contribution in [2.75, 3.05) is 25.5 Å². The fourth-order valence-corrected chi connectivity index (χ4v) is 3.55. The van der Waals surface area contributed by atoms with Gasteiger partial charge in [-0.3, -0.25) is 9.59 Å². The van der Waals surface area contributed by atoms with Gasteiger partial charge in [0.15, 0.2) is 0 Å². The van der Waals surface area contributed by atoms with E-state index < -0.39 is 0 Å². The number of halogens is 2.